The SMILES string of the molecule is COC(=O)C1(NC(=O)OC(C)(C)C)CCC(Br)C1. The summed E-state index contributed by atoms with van der Waals surface area (Å²) in [7, 11) is 1.32. The first-order valence-electron chi connectivity index (χ1n) is 5.92. The van der Waals surface area contributed by atoms with Gasteiger partial charge < -0.3 is 14.8 Å². The molecule has 1 amide bonds. The van der Waals surface area contributed by atoms with Gasteiger partial charge in [0, 0.05) is 4.83 Å². The smallest absolute Gasteiger partial charge is 0.408 e. The maximum atomic E-state index is 11.9. The van der Waals surface area contributed by atoms with E-state index in [1.807, 2.05) is 0 Å². The molecule has 0 bridgehead atoms. The quantitative estimate of drug-likeness (QED) is 0.626. The summed E-state index contributed by atoms with van der Waals surface area (Å²) in [6.07, 6.45) is 1.29. The predicted molar refractivity (Wildman–Crippen MR) is 70.7 cm³/mol. The highest BCUT2D eigenvalue weighted by Gasteiger charge is 2.47. The van der Waals surface area contributed by atoms with Gasteiger partial charge in [0.2, 0.25) is 0 Å². The van der Waals surface area contributed by atoms with Gasteiger partial charge in [-0.1, -0.05) is 15.9 Å². The van der Waals surface area contributed by atoms with Crippen LogP contribution >= 0.6 is 15.9 Å². The highest BCUT2D eigenvalue weighted by Crippen LogP contribution is 2.35. The molecule has 2 atom stereocenters. The van der Waals surface area contributed by atoms with Crippen molar-refractivity contribution in [3.05, 3.63) is 0 Å². The molecule has 0 aromatic heterocycles. The fourth-order valence-corrected chi connectivity index (χ4v) is 2.81. The predicted octanol–water partition coefficient (Wildman–Crippen LogP) is 2.37. The van der Waals surface area contributed by atoms with Crippen LogP contribution in [0.25, 0.3) is 0 Å². The van der Waals surface area contributed by atoms with Crippen LogP contribution in [0.15, 0.2) is 0 Å². The minimum absolute atomic E-state index is 0.200. The molecule has 1 N–H and O–H groups in total. The average Bonchev–Trinajstić information content (AvgIpc) is 2.57. The molecule has 18 heavy (non-hydrogen) atoms. The summed E-state index contributed by atoms with van der Waals surface area (Å²) in [5.41, 5.74) is -1.56. The van der Waals surface area contributed by atoms with Crippen LogP contribution in [0.3, 0.4) is 0 Å². The number of alkyl halides is 1. The summed E-state index contributed by atoms with van der Waals surface area (Å²) >= 11 is 3.46. The van der Waals surface area contributed by atoms with E-state index in [4.69, 9.17) is 9.47 Å². The Morgan fingerprint density at radius 1 is 1.39 bits per heavy atom. The molecule has 2 unspecified atom stereocenters. The zero-order chi connectivity index (χ0) is 14.0. The van der Waals surface area contributed by atoms with Gasteiger partial charge in [0.1, 0.15) is 11.1 Å². The van der Waals surface area contributed by atoms with E-state index < -0.39 is 23.2 Å². The topological polar surface area (TPSA) is 64.6 Å². The number of carbonyl (C=O) groups excluding carboxylic acids is 2. The van der Waals surface area contributed by atoms with E-state index in [9.17, 15) is 9.59 Å². The fraction of sp³-hybridized carbons (Fsp3) is 0.833. The van der Waals surface area contributed by atoms with E-state index in [-0.39, 0.29) is 4.83 Å². The largest absolute Gasteiger partial charge is 0.467 e. The molecule has 1 fully saturated rings. The fourth-order valence-electron chi connectivity index (χ4n) is 2.03. The number of amides is 1. The minimum atomic E-state index is -0.967. The van der Waals surface area contributed by atoms with E-state index in [0.29, 0.717) is 12.8 Å². The van der Waals surface area contributed by atoms with Crippen LogP contribution in [0.5, 0.6) is 0 Å². The van der Waals surface area contributed by atoms with Gasteiger partial charge in [-0.25, -0.2) is 9.59 Å². The maximum Gasteiger partial charge on any atom is 0.408 e. The number of carbonyl (C=O) groups is 2. The number of nitrogens with one attached hydrogen (secondary N) is 1. The monoisotopic (exact) mass is 321 g/mol. The highest BCUT2D eigenvalue weighted by atomic mass is 79.9. The first kappa shape index (κ1) is 15.3. The Morgan fingerprint density at radius 2 is 2.00 bits per heavy atom. The molecule has 0 saturated heterocycles. The van der Waals surface area contributed by atoms with Gasteiger partial charge in [-0.2, -0.15) is 0 Å². The van der Waals surface area contributed by atoms with Crippen LogP contribution in [-0.4, -0.2) is 35.1 Å². The highest BCUT2D eigenvalue weighted by molar-refractivity contribution is 9.09. The van der Waals surface area contributed by atoms with Crippen LogP contribution in [-0.2, 0) is 14.3 Å². The van der Waals surface area contributed by atoms with E-state index in [2.05, 4.69) is 21.2 Å². The van der Waals surface area contributed by atoms with Crippen LogP contribution in [0.2, 0.25) is 0 Å². The van der Waals surface area contributed by atoms with Crippen LogP contribution in [0.4, 0.5) is 4.79 Å². The van der Waals surface area contributed by atoms with Gasteiger partial charge in [0.05, 0.1) is 7.11 Å². The number of hydrogen-bond acceptors (Lipinski definition) is 4. The van der Waals surface area contributed by atoms with E-state index >= 15 is 0 Å². The van der Waals surface area contributed by atoms with E-state index in [1.165, 1.54) is 7.11 Å². The lowest BCUT2D eigenvalue weighted by molar-refractivity contribution is -0.148. The van der Waals surface area contributed by atoms with Crippen molar-refractivity contribution in [3.63, 3.8) is 0 Å². The number of hydrogen-bond donors (Lipinski definition) is 1. The number of alkyl carbamates (subject to hydrolysis) is 1. The van der Waals surface area contributed by atoms with Gasteiger partial charge in [-0.15, -0.1) is 0 Å². The third-order valence-corrected chi connectivity index (χ3v) is 3.55. The van der Waals surface area contributed by atoms with Gasteiger partial charge in [0.15, 0.2) is 0 Å². The van der Waals surface area contributed by atoms with Crippen molar-refractivity contribution >= 4 is 28.0 Å². The molecule has 6 heteroatoms. The van der Waals surface area contributed by atoms with Crippen molar-refractivity contribution in [2.24, 2.45) is 0 Å². The lowest BCUT2D eigenvalue weighted by Gasteiger charge is -2.29. The van der Waals surface area contributed by atoms with E-state index in [1.54, 1.807) is 20.8 Å². The van der Waals surface area contributed by atoms with Gasteiger partial charge >= 0.3 is 12.1 Å². The zero-order valence-electron chi connectivity index (χ0n) is 11.2. The second-order valence-electron chi connectivity index (χ2n) is 5.54. The maximum absolute atomic E-state index is 11.9. The van der Waals surface area contributed by atoms with Crippen LogP contribution in [0, 0.1) is 0 Å². The number of halogens is 1. The zero-order valence-corrected chi connectivity index (χ0v) is 12.8. The molecule has 1 rings (SSSR count). The molecule has 5 nitrogen and oxygen atoms in total. The third kappa shape index (κ3) is 3.86. The first-order chi connectivity index (χ1) is 8.18. The second kappa shape index (κ2) is 5.47. The molecule has 0 aromatic carbocycles. The normalized spacial score (nSPS) is 27.7. The van der Waals surface area contributed by atoms with E-state index in [0.717, 1.165) is 6.42 Å². The Morgan fingerprint density at radius 3 is 2.39 bits per heavy atom. The summed E-state index contributed by atoms with van der Waals surface area (Å²) in [6.45, 7) is 5.33. The molecular weight excluding hydrogens is 302 g/mol. The Balaban J connectivity index is 2.75. The molecule has 0 heterocycles. The number of rotatable bonds is 2. The van der Waals surface area contributed by atoms with Gasteiger partial charge in [-0.3, -0.25) is 0 Å². The van der Waals surface area contributed by atoms with Crippen molar-refractivity contribution in [1.29, 1.82) is 0 Å². The van der Waals surface area contributed by atoms with Crippen molar-refractivity contribution < 1.29 is 19.1 Å². The molecule has 104 valence electrons. The van der Waals surface area contributed by atoms with Crippen molar-refractivity contribution in [2.45, 2.75) is 56.0 Å². The molecule has 0 aromatic rings. The standard InChI is InChI=1S/C12H20BrNO4/c1-11(2,3)18-10(16)14-12(9(15)17-4)6-5-8(13)7-12/h8H,5-7H2,1-4H3,(H,14,16). The molecule has 0 radical (unpaired) electrons. The Labute approximate surface area is 116 Å². The molecule has 1 aliphatic carbocycles. The number of esters is 1. The lowest BCUT2D eigenvalue weighted by Crippen LogP contribution is -2.54. The molecule has 1 aliphatic rings. The van der Waals surface area contributed by atoms with Crippen LogP contribution in [0.1, 0.15) is 40.0 Å². The minimum Gasteiger partial charge on any atom is -0.467 e. The van der Waals surface area contributed by atoms with Gasteiger partial charge in [0.25, 0.3) is 0 Å². The average molecular weight is 322 g/mol. The number of ether oxygens (including phenoxy) is 2. The summed E-state index contributed by atoms with van der Waals surface area (Å²) in [4.78, 5) is 23.9. The van der Waals surface area contributed by atoms with Crippen molar-refractivity contribution in [1.82, 2.24) is 5.32 Å². The summed E-state index contributed by atoms with van der Waals surface area (Å²) in [5.74, 6) is -0.421. The van der Waals surface area contributed by atoms with Gasteiger partial charge in [-0.05, 0) is 40.0 Å². The Bertz CT molecular complexity index is 339. The molecular formula is C12H20BrNO4. The summed E-state index contributed by atoms with van der Waals surface area (Å²) < 4.78 is 9.97. The Kier molecular flexibility index (Phi) is 4.64. The first-order valence-corrected chi connectivity index (χ1v) is 6.84. The lowest BCUT2D eigenvalue weighted by atomic mass is 9.98. The van der Waals surface area contributed by atoms with Crippen LogP contribution < -0.4 is 5.32 Å². The number of methoxy groups -OCH3 is 1. The van der Waals surface area contributed by atoms with Crippen molar-refractivity contribution in [3.8, 4) is 0 Å². The molecule has 1 saturated carbocycles. The summed E-state index contributed by atoms with van der Waals surface area (Å²) in [5, 5.41) is 2.66. The van der Waals surface area contributed by atoms with Crippen molar-refractivity contribution in [2.75, 3.05) is 7.11 Å². The summed E-state index contributed by atoms with van der Waals surface area (Å²) in [6, 6.07) is 0. The molecule has 0 aliphatic heterocycles. The second-order valence-corrected chi connectivity index (χ2v) is 6.84. The Hall–Kier alpha value is -0.780. The molecule has 0 spiro atoms. The third-order valence-electron chi connectivity index (χ3n) is 2.77.